The number of hydrogen-bond acceptors (Lipinski definition) is 3. The number of nitrogens with one attached hydrogen (secondary N) is 1. The molecule has 2 heterocycles. The van der Waals surface area contributed by atoms with Crippen molar-refractivity contribution in [3.8, 4) is 0 Å². The van der Waals surface area contributed by atoms with Crippen LogP contribution in [0.15, 0.2) is 36.7 Å². The Morgan fingerprint density at radius 3 is 2.93 bits per heavy atom. The molecule has 27 heavy (non-hydrogen) atoms. The molecule has 5 heteroatoms. The molecule has 1 spiro atoms. The van der Waals surface area contributed by atoms with Crippen molar-refractivity contribution in [1.29, 1.82) is 0 Å². The molecule has 142 valence electrons. The Balaban J connectivity index is 1.36. The minimum absolute atomic E-state index is 0.0318. The Kier molecular flexibility index (Phi) is 4.08. The smallest absolute Gasteiger partial charge is 0.224 e. The highest BCUT2D eigenvalue weighted by atomic mass is 16.5. The van der Waals surface area contributed by atoms with E-state index in [1.54, 1.807) is 0 Å². The number of nitrogens with zero attached hydrogens (tertiary/aromatic N) is 2. The third kappa shape index (κ3) is 2.80. The Morgan fingerprint density at radius 1 is 1.33 bits per heavy atom. The maximum Gasteiger partial charge on any atom is 0.224 e. The van der Waals surface area contributed by atoms with Crippen LogP contribution >= 0.6 is 0 Å². The van der Waals surface area contributed by atoms with Crippen LogP contribution in [0.3, 0.4) is 0 Å². The van der Waals surface area contributed by atoms with Crippen LogP contribution in [0.2, 0.25) is 0 Å². The first-order valence-electron chi connectivity index (χ1n) is 10.1. The van der Waals surface area contributed by atoms with Gasteiger partial charge >= 0.3 is 0 Å². The second-order valence-corrected chi connectivity index (χ2v) is 8.40. The van der Waals surface area contributed by atoms with E-state index in [-0.39, 0.29) is 23.3 Å². The maximum absolute atomic E-state index is 13.3. The molecule has 1 amide bonds. The second-order valence-electron chi connectivity index (χ2n) is 8.40. The molecule has 0 radical (unpaired) electrons. The van der Waals surface area contributed by atoms with E-state index >= 15 is 0 Å². The van der Waals surface area contributed by atoms with Crippen LogP contribution < -0.4 is 5.32 Å². The van der Waals surface area contributed by atoms with Gasteiger partial charge in [0.25, 0.3) is 0 Å². The van der Waals surface area contributed by atoms with Gasteiger partial charge in [0.05, 0.1) is 6.04 Å². The van der Waals surface area contributed by atoms with Gasteiger partial charge in [0.15, 0.2) is 0 Å². The summed E-state index contributed by atoms with van der Waals surface area (Å²) in [5.41, 5.74) is 2.92. The number of ether oxygens (including phenoxy) is 1. The molecule has 1 aromatic heterocycles. The zero-order valence-electron chi connectivity index (χ0n) is 15.9. The van der Waals surface area contributed by atoms with Crippen LogP contribution in [0.25, 0.3) is 0 Å². The Morgan fingerprint density at radius 2 is 2.15 bits per heavy atom. The van der Waals surface area contributed by atoms with Crippen LogP contribution in [0, 0.1) is 11.8 Å². The molecule has 2 aromatic rings. The van der Waals surface area contributed by atoms with E-state index in [1.807, 2.05) is 24.0 Å². The van der Waals surface area contributed by atoms with E-state index in [1.165, 1.54) is 11.1 Å². The molecule has 1 saturated carbocycles. The van der Waals surface area contributed by atoms with E-state index in [2.05, 4.69) is 34.6 Å². The number of imidazole rings is 1. The average Bonchev–Trinajstić information content (AvgIpc) is 3.11. The first kappa shape index (κ1) is 17.0. The number of carbonyl (C=O) groups is 1. The average molecular weight is 365 g/mol. The number of benzene rings is 1. The van der Waals surface area contributed by atoms with Crippen molar-refractivity contribution in [2.45, 2.75) is 43.6 Å². The lowest BCUT2D eigenvalue weighted by Crippen LogP contribution is -2.39. The molecule has 5 nitrogen and oxygen atoms in total. The fourth-order valence-electron chi connectivity index (χ4n) is 5.31. The lowest BCUT2D eigenvalue weighted by molar-refractivity contribution is -0.124. The van der Waals surface area contributed by atoms with Crippen LogP contribution in [0.5, 0.6) is 0 Å². The topological polar surface area (TPSA) is 56.2 Å². The molecule has 3 atom stereocenters. The van der Waals surface area contributed by atoms with Crippen molar-refractivity contribution in [2.75, 3.05) is 13.2 Å². The van der Waals surface area contributed by atoms with Crippen LogP contribution in [0.1, 0.15) is 48.7 Å². The number of hydrogen-bond donors (Lipinski definition) is 1. The molecule has 2 aliphatic carbocycles. The standard InChI is InChI=1S/C22H27N3O2/c1-25-11-10-23-20(25)19(16-7-12-27-13-8-16)24-21(26)18-14-22(18)9-6-15-4-2-3-5-17(15)22/h2-5,10-11,16,18-19H,6-9,12-14H2,1H3,(H,24,26). The fraction of sp³-hybridized carbons (Fsp3) is 0.545. The van der Waals surface area contributed by atoms with Crippen LogP contribution in [-0.4, -0.2) is 28.7 Å². The summed E-state index contributed by atoms with van der Waals surface area (Å²) < 4.78 is 7.57. The Hall–Kier alpha value is -2.14. The van der Waals surface area contributed by atoms with E-state index in [0.717, 1.165) is 51.1 Å². The Labute approximate surface area is 160 Å². The molecular weight excluding hydrogens is 338 g/mol. The van der Waals surface area contributed by atoms with Gasteiger partial charge < -0.3 is 14.6 Å². The number of rotatable bonds is 4. The molecule has 1 aromatic carbocycles. The molecule has 2 fully saturated rings. The van der Waals surface area contributed by atoms with Crippen molar-refractivity contribution < 1.29 is 9.53 Å². The SMILES string of the molecule is Cn1ccnc1C(NC(=O)C1CC12CCc1ccccc12)C1CCOCC1. The third-order valence-electron chi connectivity index (χ3n) is 6.96. The highest BCUT2D eigenvalue weighted by Gasteiger charge is 2.61. The summed E-state index contributed by atoms with van der Waals surface area (Å²) in [6, 6.07) is 8.63. The van der Waals surface area contributed by atoms with Gasteiger partial charge in [0.1, 0.15) is 5.82 Å². The molecule has 0 bridgehead atoms. The van der Waals surface area contributed by atoms with E-state index < -0.39 is 0 Å². The summed E-state index contributed by atoms with van der Waals surface area (Å²) in [7, 11) is 2.01. The first-order chi connectivity index (χ1) is 13.2. The van der Waals surface area contributed by atoms with Gasteiger partial charge in [-0.15, -0.1) is 0 Å². The van der Waals surface area contributed by atoms with Gasteiger partial charge in [-0.1, -0.05) is 24.3 Å². The molecule has 3 unspecified atom stereocenters. The summed E-state index contributed by atoms with van der Waals surface area (Å²) >= 11 is 0. The summed E-state index contributed by atoms with van der Waals surface area (Å²) in [5, 5.41) is 3.40. The van der Waals surface area contributed by atoms with Crippen molar-refractivity contribution in [3.63, 3.8) is 0 Å². The minimum atomic E-state index is -0.0318. The van der Waals surface area contributed by atoms with Gasteiger partial charge in [0.2, 0.25) is 5.91 Å². The van der Waals surface area contributed by atoms with Gasteiger partial charge in [-0.2, -0.15) is 0 Å². The quantitative estimate of drug-likeness (QED) is 0.906. The lowest BCUT2D eigenvalue weighted by Gasteiger charge is -2.31. The maximum atomic E-state index is 13.3. The monoisotopic (exact) mass is 365 g/mol. The van der Waals surface area contributed by atoms with Crippen molar-refractivity contribution in [2.24, 2.45) is 18.9 Å². The molecule has 1 N–H and O–H groups in total. The Bertz CT molecular complexity index is 855. The predicted molar refractivity (Wildman–Crippen MR) is 102 cm³/mol. The van der Waals surface area contributed by atoms with E-state index in [0.29, 0.717) is 5.92 Å². The zero-order valence-corrected chi connectivity index (χ0v) is 15.9. The van der Waals surface area contributed by atoms with Crippen LogP contribution in [-0.2, 0) is 28.4 Å². The largest absolute Gasteiger partial charge is 0.381 e. The number of amides is 1. The molecule has 1 aliphatic heterocycles. The summed E-state index contributed by atoms with van der Waals surface area (Å²) in [6.45, 7) is 1.53. The van der Waals surface area contributed by atoms with Crippen molar-refractivity contribution in [3.05, 3.63) is 53.6 Å². The number of aromatic nitrogens is 2. The molecule has 5 rings (SSSR count). The van der Waals surface area contributed by atoms with Crippen molar-refractivity contribution in [1.82, 2.24) is 14.9 Å². The summed E-state index contributed by atoms with van der Waals surface area (Å²) in [4.78, 5) is 17.8. The highest BCUT2D eigenvalue weighted by molar-refractivity contribution is 5.85. The molecular formula is C22H27N3O2. The highest BCUT2D eigenvalue weighted by Crippen LogP contribution is 2.61. The van der Waals surface area contributed by atoms with Crippen molar-refractivity contribution >= 4 is 5.91 Å². The summed E-state index contributed by atoms with van der Waals surface area (Å²) in [6.07, 6.45) is 8.90. The van der Waals surface area contributed by atoms with Gasteiger partial charge in [-0.05, 0) is 49.1 Å². The zero-order chi connectivity index (χ0) is 18.4. The lowest BCUT2D eigenvalue weighted by atomic mass is 9.90. The van der Waals surface area contributed by atoms with E-state index in [4.69, 9.17) is 4.74 Å². The number of aryl methyl sites for hydroxylation is 2. The van der Waals surface area contributed by atoms with Gasteiger partial charge in [-0.3, -0.25) is 4.79 Å². The number of carbonyl (C=O) groups excluding carboxylic acids is 1. The predicted octanol–water partition coefficient (Wildman–Crippen LogP) is 2.91. The van der Waals surface area contributed by atoms with E-state index in [9.17, 15) is 4.79 Å². The van der Waals surface area contributed by atoms with Gasteiger partial charge in [-0.25, -0.2) is 4.98 Å². The second kappa shape index (κ2) is 6.48. The minimum Gasteiger partial charge on any atom is -0.381 e. The van der Waals surface area contributed by atoms with Crippen LogP contribution in [0.4, 0.5) is 0 Å². The summed E-state index contributed by atoms with van der Waals surface area (Å²) in [5.74, 6) is 1.64. The number of fused-ring (bicyclic) bond motifs is 2. The van der Waals surface area contributed by atoms with Gasteiger partial charge in [0, 0.05) is 44.0 Å². The molecule has 1 saturated heterocycles. The fourth-order valence-corrected chi connectivity index (χ4v) is 5.31. The first-order valence-corrected chi connectivity index (χ1v) is 10.1. The third-order valence-corrected chi connectivity index (χ3v) is 6.96. The molecule has 3 aliphatic rings. The normalized spacial score (nSPS) is 28.1.